The Hall–Kier alpha value is -6.50. The smallest absolute Gasteiger partial charge is 0.235 e. The Bertz CT molecular complexity index is 3160. The lowest BCUT2D eigenvalue weighted by Gasteiger charge is -2.12. The molecule has 0 unspecified atom stereocenters. The van der Waals surface area contributed by atoms with Crippen LogP contribution < -0.4 is 0 Å². The fourth-order valence-corrected chi connectivity index (χ4v) is 8.72. The van der Waals surface area contributed by atoms with Crippen molar-refractivity contribution in [2.24, 2.45) is 0 Å². The zero-order chi connectivity index (χ0) is 32.8. The van der Waals surface area contributed by atoms with Crippen molar-refractivity contribution in [2.45, 2.75) is 0 Å². The molecular weight excluding hydrogens is 631 g/mol. The van der Waals surface area contributed by atoms with Crippen molar-refractivity contribution in [3.63, 3.8) is 0 Å². The van der Waals surface area contributed by atoms with E-state index in [4.69, 9.17) is 15.0 Å². The van der Waals surface area contributed by atoms with E-state index in [2.05, 4.69) is 131 Å². The molecule has 0 saturated heterocycles. The minimum atomic E-state index is 0.628. The first kappa shape index (κ1) is 27.5. The van der Waals surface area contributed by atoms with Crippen LogP contribution in [-0.2, 0) is 0 Å². The minimum Gasteiger partial charge on any atom is -0.278 e. The lowest BCUT2D eigenvalue weighted by Crippen LogP contribution is -2.03. The molecule has 50 heavy (non-hydrogen) atoms. The van der Waals surface area contributed by atoms with E-state index in [9.17, 15) is 0 Å². The number of aromatic nitrogens is 5. The number of hydrogen-bond acceptors (Lipinski definition) is 5. The quantitative estimate of drug-likeness (QED) is 0.178. The molecule has 0 aliphatic rings. The molecule has 11 aromatic rings. The number of thiophene rings is 1. The molecule has 0 bridgehead atoms. The second-order valence-electron chi connectivity index (χ2n) is 12.7. The van der Waals surface area contributed by atoms with Crippen LogP contribution in [0, 0.1) is 0 Å². The normalized spacial score (nSPS) is 12.0. The van der Waals surface area contributed by atoms with E-state index in [1.54, 1.807) is 0 Å². The summed E-state index contributed by atoms with van der Waals surface area (Å²) in [4.78, 5) is 20.3. The Morgan fingerprint density at radius 1 is 0.420 bits per heavy atom. The third kappa shape index (κ3) is 4.00. The van der Waals surface area contributed by atoms with Gasteiger partial charge in [-0.15, -0.1) is 11.3 Å². The van der Waals surface area contributed by atoms with Crippen molar-refractivity contribution < 1.29 is 0 Å². The lowest BCUT2D eigenvalue weighted by atomic mass is 9.98. The topological polar surface area (TPSA) is 56.5 Å². The predicted molar refractivity (Wildman–Crippen MR) is 208 cm³/mol. The molecule has 6 heteroatoms. The second-order valence-corrected chi connectivity index (χ2v) is 13.8. The predicted octanol–water partition coefficient (Wildman–Crippen LogP) is 11.5. The fourth-order valence-electron chi connectivity index (χ4n) is 7.60. The summed E-state index contributed by atoms with van der Waals surface area (Å²) in [6.45, 7) is 0. The molecule has 0 aliphatic heterocycles. The number of benzene rings is 6. The van der Waals surface area contributed by atoms with Gasteiger partial charge in [0.2, 0.25) is 5.95 Å². The molecule has 0 fully saturated rings. The van der Waals surface area contributed by atoms with E-state index < -0.39 is 0 Å². The molecule has 232 valence electrons. The molecule has 0 atom stereocenters. The molecule has 0 radical (unpaired) electrons. The highest BCUT2D eigenvalue weighted by Crippen LogP contribution is 2.41. The SMILES string of the molecule is c1ccc(-c2nc(-n3c4ccncc4c4cc(-c5nc6cc7sc8ccccc8c7cc6c6ccccc56)ccc43)nc3ccccc23)cc1. The molecule has 0 amide bonds. The molecule has 0 spiro atoms. The van der Waals surface area contributed by atoms with Crippen LogP contribution in [0.4, 0.5) is 0 Å². The Morgan fingerprint density at radius 2 is 1.16 bits per heavy atom. The van der Waals surface area contributed by atoms with Gasteiger partial charge in [0.25, 0.3) is 0 Å². The summed E-state index contributed by atoms with van der Waals surface area (Å²) in [6, 6.07) is 49.1. The zero-order valence-corrected chi connectivity index (χ0v) is 27.4. The number of fused-ring (bicyclic) bond motifs is 10. The molecular formula is C44H25N5S. The van der Waals surface area contributed by atoms with Crippen LogP contribution in [0.2, 0.25) is 0 Å². The third-order valence-corrected chi connectivity index (χ3v) is 11.0. The van der Waals surface area contributed by atoms with Gasteiger partial charge in [-0.2, -0.15) is 0 Å². The Balaban J connectivity index is 1.16. The summed E-state index contributed by atoms with van der Waals surface area (Å²) in [6.07, 6.45) is 3.78. The van der Waals surface area contributed by atoms with Gasteiger partial charge in [-0.05, 0) is 47.9 Å². The number of hydrogen-bond donors (Lipinski definition) is 0. The fraction of sp³-hybridized carbons (Fsp3) is 0. The van der Waals surface area contributed by atoms with Gasteiger partial charge < -0.3 is 0 Å². The maximum atomic E-state index is 5.38. The van der Waals surface area contributed by atoms with Crippen LogP contribution >= 0.6 is 11.3 Å². The Labute approximate surface area is 289 Å². The summed E-state index contributed by atoms with van der Waals surface area (Å²) in [5.41, 5.74) is 7.91. The van der Waals surface area contributed by atoms with Gasteiger partial charge in [0, 0.05) is 70.6 Å². The van der Waals surface area contributed by atoms with Crippen molar-refractivity contribution >= 4 is 85.9 Å². The van der Waals surface area contributed by atoms with Crippen molar-refractivity contribution in [1.29, 1.82) is 0 Å². The van der Waals surface area contributed by atoms with Crippen molar-refractivity contribution in [1.82, 2.24) is 24.5 Å². The van der Waals surface area contributed by atoms with E-state index in [1.165, 1.54) is 30.9 Å². The van der Waals surface area contributed by atoms with Crippen LogP contribution in [0.15, 0.2) is 152 Å². The highest BCUT2D eigenvalue weighted by molar-refractivity contribution is 7.25. The van der Waals surface area contributed by atoms with Gasteiger partial charge in [-0.1, -0.05) is 97.1 Å². The summed E-state index contributed by atoms with van der Waals surface area (Å²) in [7, 11) is 0. The van der Waals surface area contributed by atoms with Crippen LogP contribution in [-0.4, -0.2) is 24.5 Å². The zero-order valence-electron chi connectivity index (χ0n) is 26.6. The number of rotatable bonds is 3. The average molecular weight is 656 g/mol. The Morgan fingerprint density at radius 3 is 2.06 bits per heavy atom. The molecule has 0 N–H and O–H groups in total. The first-order chi connectivity index (χ1) is 24.8. The van der Waals surface area contributed by atoms with Crippen LogP contribution in [0.5, 0.6) is 0 Å². The number of pyridine rings is 2. The van der Waals surface area contributed by atoms with Gasteiger partial charge in [0.1, 0.15) is 0 Å². The number of nitrogens with zero attached hydrogens (tertiary/aromatic N) is 5. The van der Waals surface area contributed by atoms with Crippen molar-refractivity contribution in [3.05, 3.63) is 152 Å². The highest BCUT2D eigenvalue weighted by Gasteiger charge is 2.19. The summed E-state index contributed by atoms with van der Waals surface area (Å²) < 4.78 is 4.71. The maximum Gasteiger partial charge on any atom is 0.235 e. The van der Waals surface area contributed by atoms with E-state index >= 15 is 0 Å². The molecule has 5 nitrogen and oxygen atoms in total. The van der Waals surface area contributed by atoms with Crippen molar-refractivity contribution in [3.8, 4) is 28.5 Å². The monoisotopic (exact) mass is 655 g/mol. The van der Waals surface area contributed by atoms with E-state index in [0.29, 0.717) is 5.95 Å². The minimum absolute atomic E-state index is 0.628. The maximum absolute atomic E-state index is 5.38. The van der Waals surface area contributed by atoms with E-state index in [0.717, 1.165) is 66.1 Å². The van der Waals surface area contributed by atoms with Crippen molar-refractivity contribution in [2.75, 3.05) is 0 Å². The van der Waals surface area contributed by atoms with Crippen LogP contribution in [0.25, 0.3) is 103 Å². The van der Waals surface area contributed by atoms with Gasteiger partial charge in [0.15, 0.2) is 0 Å². The van der Waals surface area contributed by atoms with Crippen LogP contribution in [0.1, 0.15) is 0 Å². The van der Waals surface area contributed by atoms with Crippen LogP contribution in [0.3, 0.4) is 0 Å². The summed E-state index contributed by atoms with van der Waals surface area (Å²) in [5, 5.41) is 9.22. The van der Waals surface area contributed by atoms with E-state index in [-0.39, 0.29) is 0 Å². The number of para-hydroxylation sites is 1. The standard InChI is InChI=1S/C44H25N5S/c1-2-10-26(11-3-1)42-31-15-6-8-16-36(31)47-44(48-42)49-38-19-18-27(22-33(38)35-25-45-21-20-39(35)49)43-30-14-5-4-12-28(30)32-23-34-29-13-7-9-17-40(29)50-41(34)24-37(32)46-43/h1-25H. The van der Waals surface area contributed by atoms with Gasteiger partial charge in [0.05, 0.1) is 33.5 Å². The molecule has 11 rings (SSSR count). The molecule has 0 saturated carbocycles. The summed E-state index contributed by atoms with van der Waals surface area (Å²) in [5.74, 6) is 0.628. The van der Waals surface area contributed by atoms with Gasteiger partial charge >= 0.3 is 0 Å². The lowest BCUT2D eigenvalue weighted by molar-refractivity contribution is 1.01. The molecule has 5 heterocycles. The first-order valence-corrected chi connectivity index (χ1v) is 17.4. The average Bonchev–Trinajstić information content (AvgIpc) is 3.71. The molecule has 6 aromatic carbocycles. The summed E-state index contributed by atoms with van der Waals surface area (Å²) >= 11 is 1.83. The van der Waals surface area contributed by atoms with Gasteiger partial charge in [-0.3, -0.25) is 9.55 Å². The Kier molecular flexibility index (Phi) is 5.76. The second kappa shape index (κ2) is 10.5. The molecule has 0 aliphatic carbocycles. The highest BCUT2D eigenvalue weighted by atomic mass is 32.1. The van der Waals surface area contributed by atoms with E-state index in [1.807, 2.05) is 41.9 Å². The largest absolute Gasteiger partial charge is 0.278 e. The molecule has 5 aromatic heterocycles. The third-order valence-electron chi connectivity index (χ3n) is 9.88. The first-order valence-electron chi connectivity index (χ1n) is 16.6. The van der Waals surface area contributed by atoms with Gasteiger partial charge in [-0.25, -0.2) is 15.0 Å².